The summed E-state index contributed by atoms with van der Waals surface area (Å²) in [6, 6.07) is 4.86. The van der Waals surface area contributed by atoms with Crippen molar-refractivity contribution in [2.75, 3.05) is 6.54 Å². The van der Waals surface area contributed by atoms with Gasteiger partial charge in [-0.15, -0.1) is 0 Å². The van der Waals surface area contributed by atoms with Crippen LogP contribution in [0.3, 0.4) is 0 Å². The molecule has 0 aliphatic heterocycles. The average Bonchev–Trinajstić information content (AvgIpc) is 3.21. The predicted octanol–water partition coefficient (Wildman–Crippen LogP) is 3.20. The summed E-state index contributed by atoms with van der Waals surface area (Å²) in [6.07, 6.45) is 0.628. The number of amides is 1. The highest BCUT2D eigenvalue weighted by Crippen LogP contribution is 2.31. The first-order valence-electron chi connectivity index (χ1n) is 8.51. The number of carbonyl (C=O) groups is 1. The van der Waals surface area contributed by atoms with Gasteiger partial charge >= 0.3 is 6.18 Å². The second kappa shape index (κ2) is 6.75. The Balaban J connectivity index is 1.87. The van der Waals surface area contributed by atoms with E-state index in [1.165, 1.54) is 23.0 Å². The van der Waals surface area contributed by atoms with Crippen molar-refractivity contribution in [2.45, 2.75) is 44.3 Å². The molecule has 1 heterocycles. The summed E-state index contributed by atoms with van der Waals surface area (Å²) < 4.78 is 40.1. The number of carbonyl (C=O) groups excluding carboxylic acids is 1. The van der Waals surface area contributed by atoms with Crippen LogP contribution in [0.1, 0.15) is 47.3 Å². The summed E-state index contributed by atoms with van der Waals surface area (Å²) in [6.45, 7) is 2.02. The second-order valence-corrected chi connectivity index (χ2v) is 6.75. The molecule has 0 bridgehead atoms. The van der Waals surface area contributed by atoms with Gasteiger partial charge in [0.05, 0.1) is 34.2 Å². The van der Waals surface area contributed by atoms with Crippen LogP contribution in [0.5, 0.6) is 0 Å². The zero-order valence-corrected chi connectivity index (χ0v) is 14.4. The van der Waals surface area contributed by atoms with Crippen molar-refractivity contribution in [3.63, 3.8) is 0 Å². The van der Waals surface area contributed by atoms with Crippen LogP contribution in [-0.2, 0) is 6.18 Å². The number of hydrogen-bond acceptors (Lipinski definition) is 3. The van der Waals surface area contributed by atoms with E-state index in [2.05, 4.69) is 10.4 Å². The van der Waals surface area contributed by atoms with Gasteiger partial charge in [0.15, 0.2) is 0 Å². The van der Waals surface area contributed by atoms with Crippen LogP contribution in [0, 0.1) is 6.92 Å². The molecule has 140 valence electrons. The van der Waals surface area contributed by atoms with E-state index < -0.39 is 17.3 Å². The topological polar surface area (TPSA) is 72.9 Å². The molecule has 1 saturated carbocycles. The number of nitrogens with zero attached hydrogens (tertiary/aromatic N) is 2. The third-order valence-electron chi connectivity index (χ3n) is 5.00. The van der Waals surface area contributed by atoms with E-state index in [-0.39, 0.29) is 11.6 Å². The van der Waals surface area contributed by atoms with E-state index in [1.54, 1.807) is 6.92 Å². The molecular weight excluding hydrogens is 345 g/mol. The van der Waals surface area contributed by atoms with E-state index >= 15 is 0 Å². The SMILES string of the molecule is Cc1c(C(=O)NC2(CN)CCCC2)cnn1-c1cccc(C(F)(F)F)c1. The van der Waals surface area contributed by atoms with Gasteiger partial charge in [0.25, 0.3) is 5.91 Å². The Morgan fingerprint density at radius 1 is 1.35 bits per heavy atom. The Hall–Kier alpha value is -2.35. The molecule has 0 unspecified atom stereocenters. The lowest BCUT2D eigenvalue weighted by molar-refractivity contribution is -0.137. The Kier molecular flexibility index (Phi) is 4.79. The smallest absolute Gasteiger partial charge is 0.345 e. The third kappa shape index (κ3) is 3.46. The molecule has 3 rings (SSSR count). The molecule has 3 N–H and O–H groups in total. The molecule has 0 atom stereocenters. The van der Waals surface area contributed by atoms with Gasteiger partial charge in [-0.1, -0.05) is 18.9 Å². The molecule has 5 nitrogen and oxygen atoms in total. The van der Waals surface area contributed by atoms with Gasteiger partial charge in [-0.25, -0.2) is 4.68 Å². The van der Waals surface area contributed by atoms with Gasteiger partial charge in [-0.05, 0) is 38.0 Å². The molecule has 1 fully saturated rings. The highest BCUT2D eigenvalue weighted by Gasteiger charge is 2.35. The number of alkyl halides is 3. The van der Waals surface area contributed by atoms with Crippen LogP contribution in [0.15, 0.2) is 30.5 Å². The number of nitrogens with one attached hydrogen (secondary N) is 1. The van der Waals surface area contributed by atoms with Crippen molar-refractivity contribution in [1.82, 2.24) is 15.1 Å². The van der Waals surface area contributed by atoms with Crippen molar-refractivity contribution in [3.05, 3.63) is 47.3 Å². The number of hydrogen-bond donors (Lipinski definition) is 2. The Bertz CT molecular complexity index is 807. The summed E-state index contributed by atoms with van der Waals surface area (Å²) in [7, 11) is 0. The van der Waals surface area contributed by atoms with Crippen LogP contribution < -0.4 is 11.1 Å². The van der Waals surface area contributed by atoms with Crippen molar-refractivity contribution in [1.29, 1.82) is 0 Å². The molecule has 0 saturated heterocycles. The largest absolute Gasteiger partial charge is 0.416 e. The summed E-state index contributed by atoms with van der Waals surface area (Å²) in [5.41, 5.74) is 5.75. The van der Waals surface area contributed by atoms with Crippen LogP contribution in [0.4, 0.5) is 13.2 Å². The molecular formula is C18H21F3N4O. The highest BCUT2D eigenvalue weighted by atomic mass is 19.4. The first-order chi connectivity index (χ1) is 12.3. The van der Waals surface area contributed by atoms with Gasteiger partial charge in [0.2, 0.25) is 0 Å². The summed E-state index contributed by atoms with van der Waals surface area (Å²) >= 11 is 0. The minimum Gasteiger partial charge on any atom is -0.345 e. The molecule has 8 heteroatoms. The first-order valence-corrected chi connectivity index (χ1v) is 8.51. The molecule has 0 radical (unpaired) electrons. The van der Waals surface area contributed by atoms with Crippen molar-refractivity contribution >= 4 is 5.91 Å². The monoisotopic (exact) mass is 366 g/mol. The number of rotatable bonds is 4. The predicted molar refractivity (Wildman–Crippen MR) is 91.0 cm³/mol. The van der Waals surface area contributed by atoms with Gasteiger partial charge in [0, 0.05) is 6.54 Å². The Morgan fingerprint density at radius 2 is 2.04 bits per heavy atom. The maximum atomic E-state index is 12.9. The van der Waals surface area contributed by atoms with E-state index in [0.29, 0.717) is 17.8 Å². The molecule has 2 aromatic rings. The normalized spacial score (nSPS) is 16.7. The zero-order chi connectivity index (χ0) is 18.9. The number of benzene rings is 1. The van der Waals surface area contributed by atoms with E-state index in [9.17, 15) is 18.0 Å². The molecule has 1 aromatic heterocycles. The van der Waals surface area contributed by atoms with Gasteiger partial charge < -0.3 is 11.1 Å². The van der Waals surface area contributed by atoms with Gasteiger partial charge in [-0.2, -0.15) is 18.3 Å². The van der Waals surface area contributed by atoms with E-state index in [0.717, 1.165) is 37.8 Å². The van der Waals surface area contributed by atoms with Crippen LogP contribution in [-0.4, -0.2) is 27.8 Å². The van der Waals surface area contributed by atoms with Crippen LogP contribution in [0.2, 0.25) is 0 Å². The highest BCUT2D eigenvalue weighted by molar-refractivity contribution is 5.95. The van der Waals surface area contributed by atoms with Crippen LogP contribution in [0.25, 0.3) is 5.69 Å². The van der Waals surface area contributed by atoms with Gasteiger partial charge in [0.1, 0.15) is 0 Å². The lowest BCUT2D eigenvalue weighted by Crippen LogP contribution is -2.51. The lowest BCUT2D eigenvalue weighted by Gasteiger charge is -2.28. The number of nitrogens with two attached hydrogens (primary N) is 1. The van der Waals surface area contributed by atoms with Crippen LogP contribution >= 0.6 is 0 Å². The average molecular weight is 366 g/mol. The minimum absolute atomic E-state index is 0.255. The molecule has 1 aliphatic carbocycles. The van der Waals surface area contributed by atoms with Crippen molar-refractivity contribution < 1.29 is 18.0 Å². The Morgan fingerprint density at radius 3 is 2.65 bits per heavy atom. The van der Waals surface area contributed by atoms with Crippen molar-refractivity contribution in [2.24, 2.45) is 5.73 Å². The lowest BCUT2D eigenvalue weighted by atomic mass is 9.97. The summed E-state index contributed by atoms with van der Waals surface area (Å²) in [5, 5.41) is 7.11. The molecule has 26 heavy (non-hydrogen) atoms. The molecule has 0 spiro atoms. The summed E-state index contributed by atoms with van der Waals surface area (Å²) in [4.78, 5) is 12.7. The van der Waals surface area contributed by atoms with E-state index in [1.807, 2.05) is 0 Å². The van der Waals surface area contributed by atoms with Crippen molar-refractivity contribution in [3.8, 4) is 5.69 Å². The number of aromatic nitrogens is 2. The fourth-order valence-corrected chi connectivity index (χ4v) is 3.45. The minimum atomic E-state index is -4.44. The standard InChI is InChI=1S/C18H21F3N4O/c1-12-15(16(26)24-17(11-22)7-2-3-8-17)10-23-25(12)14-6-4-5-13(9-14)18(19,20)21/h4-6,9-10H,2-3,7-8,11,22H2,1H3,(H,24,26). The quantitative estimate of drug-likeness (QED) is 0.873. The fraction of sp³-hybridized carbons (Fsp3) is 0.444. The summed E-state index contributed by atoms with van der Waals surface area (Å²) in [5.74, 6) is -0.298. The first kappa shape index (κ1) is 18.4. The second-order valence-electron chi connectivity index (χ2n) is 6.75. The third-order valence-corrected chi connectivity index (χ3v) is 5.00. The molecule has 1 amide bonds. The maximum absolute atomic E-state index is 12.9. The van der Waals surface area contributed by atoms with Gasteiger partial charge in [-0.3, -0.25) is 4.79 Å². The fourth-order valence-electron chi connectivity index (χ4n) is 3.45. The maximum Gasteiger partial charge on any atom is 0.416 e. The number of halogens is 3. The Labute approximate surface area is 149 Å². The molecule has 1 aromatic carbocycles. The zero-order valence-electron chi connectivity index (χ0n) is 14.4. The van der Waals surface area contributed by atoms with E-state index in [4.69, 9.17) is 5.73 Å². The molecule has 1 aliphatic rings.